The molecule has 0 saturated heterocycles. The van der Waals surface area contributed by atoms with Gasteiger partial charge in [-0.2, -0.15) is 0 Å². The number of hydrogen-bond donors (Lipinski definition) is 0. The number of rotatable bonds is 9. The third-order valence-electron chi connectivity index (χ3n) is 4.45. The Labute approximate surface area is 174 Å². The number of ether oxygens (including phenoxy) is 1. The van der Waals surface area contributed by atoms with E-state index in [0.717, 1.165) is 23.3 Å². The van der Waals surface area contributed by atoms with Crippen LogP contribution >= 0.6 is 11.3 Å². The Hall–Kier alpha value is -2.51. The van der Waals surface area contributed by atoms with E-state index in [1.807, 2.05) is 31.1 Å². The lowest BCUT2D eigenvalue weighted by Gasteiger charge is -2.22. The van der Waals surface area contributed by atoms with Gasteiger partial charge < -0.3 is 9.64 Å². The van der Waals surface area contributed by atoms with Gasteiger partial charge in [0.15, 0.2) is 5.13 Å². The zero-order valence-electron chi connectivity index (χ0n) is 17.0. The summed E-state index contributed by atoms with van der Waals surface area (Å²) in [5, 5.41) is 0.570. The molecule has 2 aromatic carbocycles. The number of hydrogen-bond acceptors (Lipinski definition) is 5. The largest absolute Gasteiger partial charge is 0.494 e. The van der Waals surface area contributed by atoms with Gasteiger partial charge in [-0.15, -0.1) is 0 Å². The molecule has 0 unspecified atom stereocenters. The Bertz CT molecular complexity index is 956. The van der Waals surface area contributed by atoms with Crippen LogP contribution < -0.4 is 9.64 Å². The number of thiazole rings is 1. The van der Waals surface area contributed by atoms with E-state index in [9.17, 15) is 9.18 Å². The third kappa shape index (κ3) is 5.52. The van der Waals surface area contributed by atoms with Crippen molar-refractivity contribution in [3.8, 4) is 5.75 Å². The molecule has 0 saturated carbocycles. The van der Waals surface area contributed by atoms with Gasteiger partial charge in [0.2, 0.25) is 0 Å². The second-order valence-corrected chi connectivity index (χ2v) is 8.10. The van der Waals surface area contributed by atoms with Crippen LogP contribution in [0.4, 0.5) is 9.52 Å². The number of likely N-dealkylation sites (N-methyl/N-ethyl adjacent to an activating group) is 1. The zero-order chi connectivity index (χ0) is 20.8. The Balaban J connectivity index is 1.84. The second kappa shape index (κ2) is 9.80. The first-order valence-electron chi connectivity index (χ1n) is 9.73. The Morgan fingerprint density at radius 3 is 2.59 bits per heavy atom. The van der Waals surface area contributed by atoms with Gasteiger partial charge in [0, 0.05) is 18.7 Å². The summed E-state index contributed by atoms with van der Waals surface area (Å²) in [6, 6.07) is 11.7. The van der Waals surface area contributed by atoms with Crippen molar-refractivity contribution >= 4 is 32.6 Å². The van der Waals surface area contributed by atoms with Crippen LogP contribution in [0.3, 0.4) is 0 Å². The van der Waals surface area contributed by atoms with Crippen LogP contribution in [-0.4, -0.2) is 49.6 Å². The molecular formula is C22H26FN3O2S. The molecule has 1 amide bonds. The van der Waals surface area contributed by atoms with Crippen molar-refractivity contribution in [2.45, 2.75) is 19.8 Å². The second-order valence-electron chi connectivity index (χ2n) is 7.09. The summed E-state index contributed by atoms with van der Waals surface area (Å²) in [6.45, 7) is 3.96. The van der Waals surface area contributed by atoms with Crippen LogP contribution in [0.2, 0.25) is 0 Å². The molecule has 0 bridgehead atoms. The van der Waals surface area contributed by atoms with E-state index < -0.39 is 0 Å². The fraction of sp³-hybridized carbons (Fsp3) is 0.364. The Morgan fingerprint density at radius 2 is 1.90 bits per heavy atom. The highest BCUT2D eigenvalue weighted by atomic mass is 32.1. The summed E-state index contributed by atoms with van der Waals surface area (Å²) in [4.78, 5) is 21.5. The minimum atomic E-state index is -0.308. The molecule has 0 spiro atoms. The number of benzene rings is 2. The lowest BCUT2D eigenvalue weighted by Crippen LogP contribution is -2.36. The molecule has 0 fully saturated rings. The smallest absolute Gasteiger partial charge is 0.260 e. The number of carbonyl (C=O) groups excluding carboxylic acids is 1. The summed E-state index contributed by atoms with van der Waals surface area (Å²) in [5.74, 6) is 0.314. The van der Waals surface area contributed by atoms with Gasteiger partial charge in [0.25, 0.3) is 5.91 Å². The molecule has 0 radical (unpaired) electrons. The standard InChI is InChI=1S/C22H26FN3O2S/c1-4-5-14-28-18-9-6-16(7-10-18)21(27)26(13-12-25(2)3)22-24-19-11-8-17(23)15-20(19)29-22/h6-11,15H,4-5,12-14H2,1-3H3. The van der Waals surface area contributed by atoms with E-state index in [4.69, 9.17) is 4.74 Å². The van der Waals surface area contributed by atoms with Crippen LogP contribution in [0.25, 0.3) is 10.2 Å². The van der Waals surface area contributed by atoms with E-state index in [1.54, 1.807) is 23.1 Å². The highest BCUT2D eigenvalue weighted by molar-refractivity contribution is 7.22. The number of fused-ring (bicyclic) bond motifs is 1. The zero-order valence-corrected chi connectivity index (χ0v) is 17.8. The van der Waals surface area contributed by atoms with Crippen molar-refractivity contribution in [1.82, 2.24) is 9.88 Å². The number of nitrogens with zero attached hydrogens (tertiary/aromatic N) is 3. The molecule has 1 aromatic heterocycles. The summed E-state index contributed by atoms with van der Waals surface area (Å²) in [7, 11) is 3.91. The van der Waals surface area contributed by atoms with Crippen molar-refractivity contribution < 1.29 is 13.9 Å². The minimum Gasteiger partial charge on any atom is -0.494 e. The average Bonchev–Trinajstić information content (AvgIpc) is 3.11. The fourth-order valence-electron chi connectivity index (χ4n) is 2.77. The molecule has 3 rings (SSSR count). The van der Waals surface area contributed by atoms with Crippen LogP contribution in [-0.2, 0) is 0 Å². The lowest BCUT2D eigenvalue weighted by molar-refractivity contribution is 0.0985. The molecule has 0 atom stereocenters. The quantitative estimate of drug-likeness (QED) is 0.470. The maximum atomic E-state index is 13.6. The van der Waals surface area contributed by atoms with Crippen molar-refractivity contribution in [2.75, 3.05) is 38.7 Å². The van der Waals surface area contributed by atoms with E-state index in [0.29, 0.717) is 35.9 Å². The molecular weight excluding hydrogens is 389 g/mol. The molecule has 1 heterocycles. The van der Waals surface area contributed by atoms with Crippen molar-refractivity contribution in [3.63, 3.8) is 0 Å². The Morgan fingerprint density at radius 1 is 1.14 bits per heavy atom. The van der Waals surface area contributed by atoms with Crippen LogP contribution in [0.15, 0.2) is 42.5 Å². The number of aromatic nitrogens is 1. The van der Waals surface area contributed by atoms with E-state index in [2.05, 4.69) is 11.9 Å². The van der Waals surface area contributed by atoms with Gasteiger partial charge in [-0.05, 0) is 63.0 Å². The molecule has 0 aliphatic heterocycles. The van der Waals surface area contributed by atoms with Gasteiger partial charge in [-0.3, -0.25) is 9.69 Å². The number of anilines is 1. The first-order valence-corrected chi connectivity index (χ1v) is 10.5. The number of amides is 1. The fourth-order valence-corrected chi connectivity index (χ4v) is 3.78. The van der Waals surface area contributed by atoms with Gasteiger partial charge in [0.1, 0.15) is 11.6 Å². The average molecular weight is 416 g/mol. The van der Waals surface area contributed by atoms with Crippen LogP contribution in [0.1, 0.15) is 30.1 Å². The van der Waals surface area contributed by atoms with Gasteiger partial charge >= 0.3 is 0 Å². The molecule has 5 nitrogen and oxygen atoms in total. The predicted octanol–water partition coefficient (Wildman–Crippen LogP) is 4.82. The van der Waals surface area contributed by atoms with Crippen molar-refractivity contribution in [2.24, 2.45) is 0 Å². The van der Waals surface area contributed by atoms with E-state index in [1.165, 1.54) is 23.5 Å². The topological polar surface area (TPSA) is 45.7 Å². The Kier molecular flexibility index (Phi) is 7.17. The number of carbonyl (C=O) groups is 1. The normalized spacial score (nSPS) is 11.2. The molecule has 154 valence electrons. The maximum Gasteiger partial charge on any atom is 0.260 e. The minimum absolute atomic E-state index is 0.133. The highest BCUT2D eigenvalue weighted by Crippen LogP contribution is 2.30. The highest BCUT2D eigenvalue weighted by Gasteiger charge is 2.21. The summed E-state index contributed by atoms with van der Waals surface area (Å²) in [5.41, 5.74) is 1.26. The molecule has 29 heavy (non-hydrogen) atoms. The summed E-state index contributed by atoms with van der Waals surface area (Å²) < 4.78 is 20.0. The number of halogens is 1. The molecule has 0 aliphatic carbocycles. The van der Waals surface area contributed by atoms with Crippen LogP contribution in [0.5, 0.6) is 5.75 Å². The van der Waals surface area contributed by atoms with Crippen molar-refractivity contribution in [1.29, 1.82) is 0 Å². The maximum absolute atomic E-state index is 13.6. The SMILES string of the molecule is CCCCOc1ccc(C(=O)N(CCN(C)C)c2nc3ccc(F)cc3s2)cc1. The van der Waals surface area contributed by atoms with Crippen LogP contribution in [0, 0.1) is 5.82 Å². The molecule has 0 N–H and O–H groups in total. The lowest BCUT2D eigenvalue weighted by atomic mass is 10.2. The van der Waals surface area contributed by atoms with Gasteiger partial charge in [-0.25, -0.2) is 9.37 Å². The first-order chi connectivity index (χ1) is 14.0. The van der Waals surface area contributed by atoms with Gasteiger partial charge in [0.05, 0.1) is 16.8 Å². The molecule has 0 aliphatic rings. The van der Waals surface area contributed by atoms with Crippen molar-refractivity contribution in [3.05, 3.63) is 53.8 Å². The number of unbranched alkanes of at least 4 members (excludes halogenated alkanes) is 1. The third-order valence-corrected chi connectivity index (χ3v) is 5.50. The van der Waals surface area contributed by atoms with E-state index >= 15 is 0 Å². The molecule has 7 heteroatoms. The van der Waals surface area contributed by atoms with E-state index in [-0.39, 0.29) is 11.7 Å². The predicted molar refractivity (Wildman–Crippen MR) is 117 cm³/mol. The first kappa shape index (κ1) is 21.2. The molecule has 3 aromatic rings. The summed E-state index contributed by atoms with van der Waals surface area (Å²) in [6.07, 6.45) is 2.07. The monoisotopic (exact) mass is 415 g/mol. The van der Waals surface area contributed by atoms with Gasteiger partial charge in [-0.1, -0.05) is 24.7 Å². The summed E-state index contributed by atoms with van der Waals surface area (Å²) >= 11 is 1.32.